The summed E-state index contributed by atoms with van der Waals surface area (Å²) in [4.78, 5) is 13.1. The second-order valence-corrected chi connectivity index (χ2v) is 3.55. The van der Waals surface area contributed by atoms with Gasteiger partial charge in [-0.2, -0.15) is 0 Å². The predicted octanol–water partition coefficient (Wildman–Crippen LogP) is -0.0252. The number of hydrogen-bond donors (Lipinski definition) is 2. The molecule has 17 heavy (non-hydrogen) atoms. The first-order valence-electron chi connectivity index (χ1n) is 5.43. The molecule has 1 aromatic carbocycles. The van der Waals surface area contributed by atoms with E-state index in [0.29, 0.717) is 6.54 Å². The molecular formula is C12H18N2O3. The van der Waals surface area contributed by atoms with Crippen LogP contribution >= 0.6 is 0 Å². The van der Waals surface area contributed by atoms with Crippen molar-refractivity contribution in [2.75, 3.05) is 26.8 Å². The third-order valence-corrected chi connectivity index (χ3v) is 2.45. The number of carbonyl (C=O) groups is 1. The summed E-state index contributed by atoms with van der Waals surface area (Å²) in [5, 5.41) is 8.92. The minimum absolute atomic E-state index is 0.0604. The van der Waals surface area contributed by atoms with Crippen molar-refractivity contribution in [1.82, 2.24) is 4.90 Å². The van der Waals surface area contributed by atoms with E-state index in [2.05, 4.69) is 0 Å². The smallest absolute Gasteiger partial charge is 0.236 e. The number of aliphatic hydroxyl groups excluding tert-OH is 1. The van der Waals surface area contributed by atoms with Crippen LogP contribution in [0.3, 0.4) is 0 Å². The van der Waals surface area contributed by atoms with Crippen LogP contribution in [0.5, 0.6) is 5.75 Å². The summed E-state index contributed by atoms with van der Waals surface area (Å²) in [6.07, 6.45) is 0. The summed E-state index contributed by atoms with van der Waals surface area (Å²) < 4.78 is 5.21. The number of benzene rings is 1. The van der Waals surface area contributed by atoms with E-state index in [1.165, 1.54) is 4.90 Å². The fraction of sp³-hybridized carbons (Fsp3) is 0.417. The van der Waals surface area contributed by atoms with Crippen molar-refractivity contribution >= 4 is 5.91 Å². The van der Waals surface area contributed by atoms with Gasteiger partial charge in [0.05, 0.1) is 20.3 Å². The highest BCUT2D eigenvalue weighted by Crippen LogP contribution is 2.19. The number of ether oxygens (including phenoxy) is 1. The maximum Gasteiger partial charge on any atom is 0.236 e. The number of para-hydroxylation sites is 1. The van der Waals surface area contributed by atoms with Crippen molar-refractivity contribution in [3.05, 3.63) is 29.8 Å². The van der Waals surface area contributed by atoms with E-state index in [-0.39, 0.29) is 25.6 Å². The van der Waals surface area contributed by atoms with Crippen molar-refractivity contribution in [3.63, 3.8) is 0 Å². The number of aliphatic hydroxyl groups is 1. The third-order valence-electron chi connectivity index (χ3n) is 2.45. The maximum absolute atomic E-state index is 11.6. The monoisotopic (exact) mass is 238 g/mol. The van der Waals surface area contributed by atoms with Crippen molar-refractivity contribution in [2.24, 2.45) is 5.73 Å². The molecule has 0 unspecified atom stereocenters. The number of hydrogen-bond acceptors (Lipinski definition) is 4. The molecule has 0 radical (unpaired) electrons. The fourth-order valence-electron chi connectivity index (χ4n) is 1.58. The van der Waals surface area contributed by atoms with E-state index < -0.39 is 0 Å². The van der Waals surface area contributed by atoms with Crippen molar-refractivity contribution in [2.45, 2.75) is 6.54 Å². The lowest BCUT2D eigenvalue weighted by atomic mass is 10.2. The van der Waals surface area contributed by atoms with Gasteiger partial charge in [0.1, 0.15) is 5.75 Å². The molecule has 0 heterocycles. The van der Waals surface area contributed by atoms with Gasteiger partial charge in [-0.05, 0) is 6.07 Å². The molecule has 5 nitrogen and oxygen atoms in total. The Bertz CT molecular complexity index is 369. The number of carbonyl (C=O) groups excluding carboxylic acids is 1. The van der Waals surface area contributed by atoms with Gasteiger partial charge in [-0.15, -0.1) is 0 Å². The summed E-state index contributed by atoms with van der Waals surface area (Å²) >= 11 is 0. The Morgan fingerprint density at radius 1 is 1.47 bits per heavy atom. The lowest BCUT2D eigenvalue weighted by Crippen LogP contribution is -2.37. The van der Waals surface area contributed by atoms with Gasteiger partial charge in [0.15, 0.2) is 0 Å². The van der Waals surface area contributed by atoms with Crippen LogP contribution in [-0.4, -0.2) is 42.7 Å². The van der Waals surface area contributed by atoms with Gasteiger partial charge in [0, 0.05) is 18.7 Å². The minimum Gasteiger partial charge on any atom is -0.496 e. The largest absolute Gasteiger partial charge is 0.496 e. The van der Waals surface area contributed by atoms with E-state index in [0.717, 1.165) is 11.3 Å². The topological polar surface area (TPSA) is 75.8 Å². The van der Waals surface area contributed by atoms with Crippen LogP contribution in [0.2, 0.25) is 0 Å². The third kappa shape index (κ3) is 3.72. The summed E-state index contributed by atoms with van der Waals surface area (Å²) in [7, 11) is 1.58. The highest BCUT2D eigenvalue weighted by Gasteiger charge is 2.13. The zero-order valence-corrected chi connectivity index (χ0v) is 9.93. The lowest BCUT2D eigenvalue weighted by Gasteiger charge is -2.22. The van der Waals surface area contributed by atoms with Gasteiger partial charge in [-0.3, -0.25) is 4.79 Å². The van der Waals surface area contributed by atoms with Crippen LogP contribution in [0.4, 0.5) is 0 Å². The van der Waals surface area contributed by atoms with Crippen LogP contribution < -0.4 is 10.5 Å². The van der Waals surface area contributed by atoms with Crippen LogP contribution in [0, 0.1) is 0 Å². The first kappa shape index (κ1) is 13.5. The molecule has 0 saturated heterocycles. The molecule has 1 amide bonds. The van der Waals surface area contributed by atoms with E-state index in [9.17, 15) is 4.79 Å². The van der Waals surface area contributed by atoms with Crippen LogP contribution in [0.15, 0.2) is 24.3 Å². The lowest BCUT2D eigenvalue weighted by molar-refractivity contribution is -0.130. The fourth-order valence-corrected chi connectivity index (χ4v) is 1.58. The van der Waals surface area contributed by atoms with Gasteiger partial charge >= 0.3 is 0 Å². The van der Waals surface area contributed by atoms with E-state index in [1.54, 1.807) is 7.11 Å². The highest BCUT2D eigenvalue weighted by molar-refractivity contribution is 5.78. The van der Waals surface area contributed by atoms with E-state index in [4.69, 9.17) is 15.6 Å². The number of nitrogens with zero attached hydrogens (tertiary/aromatic N) is 1. The van der Waals surface area contributed by atoms with Crippen molar-refractivity contribution < 1.29 is 14.6 Å². The van der Waals surface area contributed by atoms with Crippen LogP contribution in [-0.2, 0) is 11.3 Å². The Kier molecular flexibility index (Phi) is 5.45. The van der Waals surface area contributed by atoms with E-state index >= 15 is 0 Å². The molecule has 1 rings (SSSR count). The second kappa shape index (κ2) is 6.88. The summed E-state index contributed by atoms with van der Waals surface area (Å²) in [6.45, 7) is 0.519. The molecule has 94 valence electrons. The Balaban J connectivity index is 2.81. The normalized spacial score (nSPS) is 10.1. The zero-order chi connectivity index (χ0) is 12.7. The van der Waals surface area contributed by atoms with Gasteiger partial charge in [0.25, 0.3) is 0 Å². The molecule has 3 N–H and O–H groups in total. The molecule has 0 saturated carbocycles. The first-order chi connectivity index (χ1) is 8.22. The number of nitrogens with two attached hydrogens (primary N) is 1. The molecule has 0 atom stereocenters. The number of amides is 1. The molecule has 1 aromatic rings. The molecule has 0 spiro atoms. The van der Waals surface area contributed by atoms with Crippen molar-refractivity contribution in [1.29, 1.82) is 0 Å². The van der Waals surface area contributed by atoms with Crippen LogP contribution in [0.25, 0.3) is 0 Å². The predicted molar refractivity (Wildman–Crippen MR) is 64.6 cm³/mol. The molecular weight excluding hydrogens is 220 g/mol. The molecule has 0 bridgehead atoms. The van der Waals surface area contributed by atoms with E-state index in [1.807, 2.05) is 24.3 Å². The average molecular weight is 238 g/mol. The molecule has 0 aliphatic carbocycles. The Labute approximate surface area is 101 Å². The summed E-state index contributed by atoms with van der Waals surface area (Å²) in [6, 6.07) is 7.46. The zero-order valence-electron chi connectivity index (χ0n) is 9.93. The molecule has 0 aliphatic rings. The maximum atomic E-state index is 11.6. The minimum atomic E-state index is -0.190. The molecule has 5 heteroatoms. The summed E-state index contributed by atoms with van der Waals surface area (Å²) in [5.74, 6) is 0.533. The summed E-state index contributed by atoms with van der Waals surface area (Å²) in [5.41, 5.74) is 6.22. The molecule has 0 aliphatic heterocycles. The van der Waals surface area contributed by atoms with Crippen molar-refractivity contribution in [3.8, 4) is 5.75 Å². The van der Waals surface area contributed by atoms with Gasteiger partial charge < -0.3 is 20.5 Å². The average Bonchev–Trinajstić information content (AvgIpc) is 2.38. The highest BCUT2D eigenvalue weighted by atomic mass is 16.5. The molecule has 0 fully saturated rings. The van der Waals surface area contributed by atoms with Gasteiger partial charge in [-0.1, -0.05) is 18.2 Å². The Morgan fingerprint density at radius 2 is 2.18 bits per heavy atom. The Hall–Kier alpha value is -1.59. The first-order valence-corrected chi connectivity index (χ1v) is 5.43. The SMILES string of the molecule is COc1ccccc1CN(CCO)C(=O)CN. The quantitative estimate of drug-likeness (QED) is 0.730. The Morgan fingerprint density at radius 3 is 2.76 bits per heavy atom. The van der Waals surface area contributed by atoms with Gasteiger partial charge in [-0.25, -0.2) is 0 Å². The van der Waals surface area contributed by atoms with Gasteiger partial charge in [0.2, 0.25) is 5.91 Å². The standard InChI is InChI=1S/C12H18N2O3/c1-17-11-5-3-2-4-10(11)9-14(6-7-15)12(16)8-13/h2-5,15H,6-9,13H2,1H3. The number of methoxy groups -OCH3 is 1. The molecule has 0 aromatic heterocycles. The number of rotatable bonds is 6. The second-order valence-electron chi connectivity index (χ2n) is 3.55. The van der Waals surface area contributed by atoms with Crippen LogP contribution in [0.1, 0.15) is 5.56 Å².